The first-order chi connectivity index (χ1) is 12.9. The van der Waals surface area contributed by atoms with Crippen LogP contribution in [0.2, 0.25) is 0 Å². The van der Waals surface area contributed by atoms with Crippen molar-refractivity contribution in [1.82, 2.24) is 23.7 Å². The molecule has 1 aliphatic rings. The fourth-order valence-electron chi connectivity index (χ4n) is 3.53. The summed E-state index contributed by atoms with van der Waals surface area (Å²) >= 11 is 0. The molecule has 27 heavy (non-hydrogen) atoms. The van der Waals surface area contributed by atoms with Gasteiger partial charge in [0.25, 0.3) is 5.56 Å². The maximum absolute atomic E-state index is 12.4. The zero-order chi connectivity index (χ0) is 19.6. The largest absolute Gasteiger partial charge is 0.332 e. The van der Waals surface area contributed by atoms with Gasteiger partial charge in [0, 0.05) is 20.3 Å². The van der Waals surface area contributed by atoms with Crippen LogP contribution in [0.1, 0.15) is 44.1 Å². The first kappa shape index (κ1) is 19.1. The molecule has 7 nitrogen and oxygen atoms in total. The number of fused-ring (bicyclic) bond motifs is 1. The van der Waals surface area contributed by atoms with Gasteiger partial charge >= 0.3 is 5.69 Å². The first-order valence-corrected chi connectivity index (χ1v) is 9.43. The maximum atomic E-state index is 12.4. The summed E-state index contributed by atoms with van der Waals surface area (Å²) in [6, 6.07) is 5.62. The third kappa shape index (κ3) is 3.86. The Labute approximate surface area is 158 Å². The molecule has 0 spiro atoms. The lowest BCUT2D eigenvalue weighted by atomic mass is 10.2. The van der Waals surface area contributed by atoms with E-state index in [1.165, 1.54) is 37.3 Å². The molecule has 1 fully saturated rings. The van der Waals surface area contributed by atoms with Crippen molar-refractivity contribution < 1.29 is 0 Å². The van der Waals surface area contributed by atoms with Gasteiger partial charge < -0.3 is 4.57 Å². The summed E-state index contributed by atoms with van der Waals surface area (Å²) in [4.78, 5) is 33.0. The number of pyridine rings is 1. The molecule has 0 saturated heterocycles. The van der Waals surface area contributed by atoms with Crippen molar-refractivity contribution in [3.05, 3.63) is 56.8 Å². The summed E-state index contributed by atoms with van der Waals surface area (Å²) in [5.74, 6) is 1.72. The standard InChI is InChI=1S/C14H15N5O2.C6H12/c1-9-16-12-11(13(20)18(3)14(21)17(12)2)19(9)8-10-6-4-5-7-15-10;1-6-4-2-3-5-6/h4-7H,8H2,1-3H3;6H,2-5H2,1H3. The minimum Gasteiger partial charge on any atom is -0.316 e. The van der Waals surface area contributed by atoms with E-state index in [1.54, 1.807) is 17.8 Å². The van der Waals surface area contributed by atoms with E-state index in [1.807, 2.05) is 25.1 Å². The molecule has 4 rings (SSSR count). The molecular weight excluding hydrogens is 342 g/mol. The maximum Gasteiger partial charge on any atom is 0.332 e. The highest BCUT2D eigenvalue weighted by Gasteiger charge is 2.17. The second-order valence-corrected chi connectivity index (χ2v) is 7.33. The summed E-state index contributed by atoms with van der Waals surface area (Å²) in [5.41, 5.74) is 0.926. The predicted octanol–water partition coefficient (Wildman–Crippen LogP) is 2.38. The van der Waals surface area contributed by atoms with Crippen LogP contribution in [0.3, 0.4) is 0 Å². The second-order valence-electron chi connectivity index (χ2n) is 7.33. The second kappa shape index (κ2) is 7.90. The van der Waals surface area contributed by atoms with Crippen LogP contribution in [0.15, 0.2) is 34.0 Å². The fourth-order valence-corrected chi connectivity index (χ4v) is 3.53. The van der Waals surface area contributed by atoms with Crippen molar-refractivity contribution in [2.45, 2.75) is 46.1 Å². The molecule has 0 atom stereocenters. The number of imidazole rings is 1. The van der Waals surface area contributed by atoms with Crippen molar-refractivity contribution >= 4 is 11.2 Å². The Kier molecular flexibility index (Phi) is 5.58. The van der Waals surface area contributed by atoms with E-state index in [-0.39, 0.29) is 11.2 Å². The number of rotatable bonds is 2. The highest BCUT2D eigenvalue weighted by atomic mass is 16.2. The quantitative estimate of drug-likeness (QED) is 0.695. The van der Waals surface area contributed by atoms with Crippen molar-refractivity contribution in [3.63, 3.8) is 0 Å². The molecule has 1 saturated carbocycles. The van der Waals surface area contributed by atoms with E-state index in [2.05, 4.69) is 16.9 Å². The molecule has 0 aliphatic heterocycles. The third-order valence-corrected chi connectivity index (χ3v) is 5.23. The lowest BCUT2D eigenvalue weighted by Crippen LogP contribution is -2.37. The van der Waals surface area contributed by atoms with Crippen LogP contribution in [0.25, 0.3) is 11.2 Å². The summed E-state index contributed by atoms with van der Waals surface area (Å²) in [7, 11) is 3.08. The molecule has 0 radical (unpaired) electrons. The molecule has 144 valence electrons. The fraction of sp³-hybridized carbons (Fsp3) is 0.500. The smallest absolute Gasteiger partial charge is 0.316 e. The Morgan fingerprint density at radius 2 is 1.81 bits per heavy atom. The Hall–Kier alpha value is -2.70. The van der Waals surface area contributed by atoms with Crippen molar-refractivity contribution in [1.29, 1.82) is 0 Å². The van der Waals surface area contributed by atoms with Gasteiger partial charge in [0.15, 0.2) is 11.2 Å². The van der Waals surface area contributed by atoms with E-state index < -0.39 is 0 Å². The van der Waals surface area contributed by atoms with Gasteiger partial charge in [0.1, 0.15) is 5.82 Å². The normalized spacial score (nSPS) is 14.4. The van der Waals surface area contributed by atoms with Crippen LogP contribution in [0.4, 0.5) is 0 Å². The molecule has 1 aliphatic carbocycles. The van der Waals surface area contributed by atoms with E-state index in [0.717, 1.165) is 16.2 Å². The van der Waals surface area contributed by atoms with Gasteiger partial charge in [0.2, 0.25) is 0 Å². The van der Waals surface area contributed by atoms with Gasteiger partial charge in [-0.15, -0.1) is 0 Å². The van der Waals surface area contributed by atoms with Crippen LogP contribution in [0, 0.1) is 12.8 Å². The minimum atomic E-state index is -0.380. The average Bonchev–Trinajstić information content (AvgIpc) is 3.27. The molecule has 3 aromatic heterocycles. The third-order valence-electron chi connectivity index (χ3n) is 5.23. The number of hydrogen-bond donors (Lipinski definition) is 0. The lowest BCUT2D eigenvalue weighted by Gasteiger charge is -2.07. The number of nitrogens with zero attached hydrogens (tertiary/aromatic N) is 5. The average molecular weight is 369 g/mol. The van der Waals surface area contributed by atoms with Gasteiger partial charge in [-0.3, -0.25) is 18.9 Å². The molecule has 0 bridgehead atoms. The van der Waals surface area contributed by atoms with E-state index in [9.17, 15) is 9.59 Å². The van der Waals surface area contributed by atoms with Gasteiger partial charge in [-0.2, -0.15) is 0 Å². The molecular formula is C20H27N5O2. The van der Waals surface area contributed by atoms with Crippen LogP contribution in [-0.2, 0) is 20.6 Å². The predicted molar refractivity (Wildman–Crippen MR) is 106 cm³/mol. The van der Waals surface area contributed by atoms with Crippen molar-refractivity contribution in [2.75, 3.05) is 0 Å². The van der Waals surface area contributed by atoms with Crippen LogP contribution in [0.5, 0.6) is 0 Å². The van der Waals surface area contributed by atoms with E-state index in [0.29, 0.717) is 23.5 Å². The SMILES string of the molecule is CC1CCCC1.Cc1nc2c(c(=O)n(C)c(=O)n2C)n1Cc1ccccn1. The summed E-state index contributed by atoms with van der Waals surface area (Å²) < 4.78 is 4.27. The molecule has 3 aromatic rings. The first-order valence-electron chi connectivity index (χ1n) is 9.43. The zero-order valence-corrected chi connectivity index (χ0v) is 16.5. The highest BCUT2D eigenvalue weighted by Crippen LogP contribution is 2.23. The number of aryl methyl sites for hydroxylation is 2. The summed E-state index contributed by atoms with van der Waals surface area (Å²) in [6.45, 7) is 4.59. The minimum absolute atomic E-state index is 0.343. The van der Waals surface area contributed by atoms with Gasteiger partial charge in [0.05, 0.1) is 12.2 Å². The molecule has 0 N–H and O–H groups in total. The zero-order valence-electron chi connectivity index (χ0n) is 16.5. The Morgan fingerprint density at radius 3 is 2.37 bits per heavy atom. The van der Waals surface area contributed by atoms with E-state index >= 15 is 0 Å². The Bertz CT molecular complexity index is 1040. The molecule has 0 unspecified atom stereocenters. The highest BCUT2D eigenvalue weighted by molar-refractivity contribution is 5.71. The summed E-state index contributed by atoms with van der Waals surface area (Å²) in [5, 5.41) is 0. The topological polar surface area (TPSA) is 74.7 Å². The van der Waals surface area contributed by atoms with Gasteiger partial charge in [-0.25, -0.2) is 9.78 Å². The molecule has 3 heterocycles. The summed E-state index contributed by atoms with van der Waals surface area (Å²) in [6.07, 6.45) is 7.65. The molecule has 0 aromatic carbocycles. The number of aromatic nitrogens is 5. The Morgan fingerprint density at radius 1 is 1.11 bits per heavy atom. The van der Waals surface area contributed by atoms with Crippen LogP contribution >= 0.6 is 0 Å². The Balaban J connectivity index is 0.000000299. The number of hydrogen-bond acceptors (Lipinski definition) is 4. The van der Waals surface area contributed by atoms with Crippen LogP contribution < -0.4 is 11.2 Å². The van der Waals surface area contributed by atoms with E-state index in [4.69, 9.17) is 0 Å². The van der Waals surface area contributed by atoms with Gasteiger partial charge in [-0.1, -0.05) is 38.7 Å². The molecule has 0 amide bonds. The van der Waals surface area contributed by atoms with Crippen molar-refractivity contribution in [2.24, 2.45) is 20.0 Å². The monoisotopic (exact) mass is 369 g/mol. The van der Waals surface area contributed by atoms with Crippen molar-refractivity contribution in [3.8, 4) is 0 Å². The lowest BCUT2D eigenvalue weighted by molar-refractivity contribution is 0.612. The van der Waals surface area contributed by atoms with Gasteiger partial charge in [-0.05, 0) is 25.0 Å². The molecule has 7 heteroatoms. The van der Waals surface area contributed by atoms with Crippen LogP contribution in [-0.4, -0.2) is 23.7 Å².